The Morgan fingerprint density at radius 3 is 2.41 bits per heavy atom. The summed E-state index contributed by atoms with van der Waals surface area (Å²) in [6, 6.07) is 7.22. The highest BCUT2D eigenvalue weighted by molar-refractivity contribution is 5.89. The minimum Gasteiger partial charge on any atom is -0.456 e. The highest BCUT2D eigenvalue weighted by Gasteiger charge is 1.97. The topological polar surface area (TPSA) is 43.4 Å². The average Bonchev–Trinajstić information content (AvgIpc) is 2.28. The molecule has 0 aromatic heterocycles. The summed E-state index contributed by atoms with van der Waals surface area (Å²) < 4.78 is 4.68. The first-order valence-electron chi connectivity index (χ1n) is 5.39. The molecule has 0 aliphatic rings. The van der Waals surface area contributed by atoms with Crippen molar-refractivity contribution >= 4 is 11.8 Å². The molecule has 88 valence electrons. The third kappa shape index (κ3) is 4.98. The zero-order chi connectivity index (χ0) is 12.7. The van der Waals surface area contributed by atoms with Gasteiger partial charge < -0.3 is 4.74 Å². The van der Waals surface area contributed by atoms with Crippen LogP contribution in [0.3, 0.4) is 0 Å². The second-order valence-corrected chi connectivity index (χ2v) is 3.55. The first-order valence-corrected chi connectivity index (χ1v) is 5.39. The smallest absolute Gasteiger partial charge is 0.384 e. The molecule has 0 bridgehead atoms. The fraction of sp³-hybridized carbons (Fsp3) is 0.286. The lowest BCUT2D eigenvalue weighted by Crippen LogP contribution is -1.99. The predicted molar refractivity (Wildman–Crippen MR) is 64.3 cm³/mol. The van der Waals surface area contributed by atoms with Crippen LogP contribution in [0.4, 0.5) is 0 Å². The molecule has 0 spiro atoms. The molecular weight excluding hydrogens is 216 g/mol. The fourth-order valence-corrected chi connectivity index (χ4v) is 1.28. The summed E-state index contributed by atoms with van der Waals surface area (Å²) in [7, 11) is 0. The zero-order valence-corrected chi connectivity index (χ0v) is 9.95. The van der Waals surface area contributed by atoms with Gasteiger partial charge in [-0.2, -0.15) is 0 Å². The van der Waals surface area contributed by atoms with E-state index >= 15 is 0 Å². The van der Waals surface area contributed by atoms with Crippen LogP contribution in [-0.2, 0) is 20.7 Å². The van der Waals surface area contributed by atoms with Gasteiger partial charge in [0.25, 0.3) is 0 Å². The highest BCUT2D eigenvalue weighted by atomic mass is 16.5. The van der Waals surface area contributed by atoms with Crippen LogP contribution >= 0.6 is 0 Å². The summed E-state index contributed by atoms with van der Waals surface area (Å²) in [5.74, 6) is 4.68. The van der Waals surface area contributed by atoms with Gasteiger partial charge in [0.05, 0.1) is 6.61 Å². The number of Topliss-reactive ketones (excluding diaryl/α,β-unsaturated/α-hetero) is 1. The number of hydrogen-bond acceptors (Lipinski definition) is 3. The zero-order valence-electron chi connectivity index (χ0n) is 9.95. The van der Waals surface area contributed by atoms with E-state index in [-0.39, 0.29) is 5.78 Å². The van der Waals surface area contributed by atoms with Gasteiger partial charge in [-0.3, -0.25) is 4.79 Å². The molecule has 0 radical (unpaired) electrons. The molecule has 0 saturated carbocycles. The summed E-state index contributed by atoms with van der Waals surface area (Å²) >= 11 is 0. The van der Waals surface area contributed by atoms with E-state index in [0.717, 1.165) is 11.1 Å². The minimum absolute atomic E-state index is 0.121. The predicted octanol–water partition coefficient (Wildman–Crippen LogP) is 1.73. The monoisotopic (exact) mass is 230 g/mol. The molecule has 0 saturated heterocycles. The van der Waals surface area contributed by atoms with Crippen LogP contribution in [0, 0.1) is 11.8 Å². The van der Waals surface area contributed by atoms with Crippen molar-refractivity contribution in [1.82, 2.24) is 0 Å². The Hall–Kier alpha value is -2.08. The Balaban J connectivity index is 2.68. The molecule has 0 atom stereocenters. The Labute approximate surface area is 101 Å². The Bertz CT molecular complexity index is 460. The molecule has 3 heteroatoms. The lowest BCUT2D eigenvalue weighted by Gasteiger charge is -1.97. The van der Waals surface area contributed by atoms with Crippen molar-refractivity contribution in [3.63, 3.8) is 0 Å². The maximum atomic E-state index is 11.0. The average molecular weight is 230 g/mol. The molecule has 0 aliphatic carbocycles. The van der Waals surface area contributed by atoms with Gasteiger partial charge in [-0.1, -0.05) is 18.1 Å². The van der Waals surface area contributed by atoms with Crippen molar-refractivity contribution in [2.24, 2.45) is 0 Å². The Morgan fingerprint density at radius 2 is 1.88 bits per heavy atom. The van der Waals surface area contributed by atoms with Gasteiger partial charge in [-0.05, 0) is 31.5 Å². The third-order valence-corrected chi connectivity index (χ3v) is 1.99. The van der Waals surface area contributed by atoms with E-state index in [4.69, 9.17) is 0 Å². The number of ketones is 1. The number of rotatable bonds is 3. The van der Waals surface area contributed by atoms with Crippen molar-refractivity contribution in [1.29, 1.82) is 0 Å². The molecule has 0 N–H and O–H groups in total. The summed E-state index contributed by atoms with van der Waals surface area (Å²) in [4.78, 5) is 21.9. The molecule has 17 heavy (non-hydrogen) atoms. The number of hydrogen-bond donors (Lipinski definition) is 0. The molecule has 0 aliphatic heterocycles. The molecule has 0 heterocycles. The standard InChI is InChI=1S/C14H14O3/c1-3-17-14(16)9-8-12-4-6-13(7-5-12)10-11(2)15/h4-7H,3,10H2,1-2H3. The first-order chi connectivity index (χ1) is 8.11. The summed E-state index contributed by atoms with van der Waals surface area (Å²) in [6.07, 6.45) is 0.422. The van der Waals surface area contributed by atoms with Gasteiger partial charge in [0.1, 0.15) is 5.78 Å². The number of carbonyl (C=O) groups is 2. The van der Waals surface area contributed by atoms with E-state index < -0.39 is 5.97 Å². The second-order valence-electron chi connectivity index (χ2n) is 3.55. The lowest BCUT2D eigenvalue weighted by atomic mass is 10.1. The van der Waals surface area contributed by atoms with Gasteiger partial charge in [0.15, 0.2) is 0 Å². The normalized spacial score (nSPS) is 9.06. The summed E-state index contributed by atoms with van der Waals surface area (Å²) in [6.45, 7) is 3.61. The second kappa shape index (κ2) is 6.49. The summed E-state index contributed by atoms with van der Waals surface area (Å²) in [5, 5.41) is 0. The van der Waals surface area contributed by atoms with Gasteiger partial charge in [-0.15, -0.1) is 0 Å². The van der Waals surface area contributed by atoms with Gasteiger partial charge in [-0.25, -0.2) is 4.79 Å². The van der Waals surface area contributed by atoms with E-state index in [1.54, 1.807) is 26.0 Å². The van der Waals surface area contributed by atoms with Crippen LogP contribution in [-0.4, -0.2) is 18.4 Å². The highest BCUT2D eigenvalue weighted by Crippen LogP contribution is 2.04. The van der Waals surface area contributed by atoms with E-state index in [1.807, 2.05) is 12.1 Å². The van der Waals surface area contributed by atoms with Crippen LogP contribution in [0.15, 0.2) is 24.3 Å². The molecule has 0 fully saturated rings. The third-order valence-electron chi connectivity index (χ3n) is 1.99. The van der Waals surface area contributed by atoms with Crippen molar-refractivity contribution in [3.8, 4) is 11.8 Å². The largest absolute Gasteiger partial charge is 0.456 e. The molecule has 0 amide bonds. The Morgan fingerprint density at radius 1 is 1.24 bits per heavy atom. The molecule has 0 unspecified atom stereocenters. The van der Waals surface area contributed by atoms with Gasteiger partial charge >= 0.3 is 5.97 Å². The van der Waals surface area contributed by atoms with Crippen LogP contribution in [0.1, 0.15) is 25.0 Å². The van der Waals surface area contributed by atoms with E-state index in [2.05, 4.69) is 16.6 Å². The van der Waals surface area contributed by atoms with Crippen LogP contribution < -0.4 is 0 Å². The van der Waals surface area contributed by atoms with Crippen molar-refractivity contribution in [2.45, 2.75) is 20.3 Å². The SMILES string of the molecule is CCOC(=O)C#Cc1ccc(CC(C)=O)cc1. The van der Waals surface area contributed by atoms with Crippen LogP contribution in [0.5, 0.6) is 0 Å². The first kappa shape index (κ1) is 13.0. The number of esters is 1. The number of ether oxygens (including phenoxy) is 1. The lowest BCUT2D eigenvalue weighted by molar-refractivity contribution is -0.136. The molecule has 1 aromatic carbocycles. The summed E-state index contributed by atoms with van der Waals surface area (Å²) in [5.41, 5.74) is 1.67. The van der Waals surface area contributed by atoms with Crippen LogP contribution in [0.25, 0.3) is 0 Å². The van der Waals surface area contributed by atoms with Crippen molar-refractivity contribution < 1.29 is 14.3 Å². The maximum absolute atomic E-state index is 11.0. The van der Waals surface area contributed by atoms with Crippen molar-refractivity contribution in [2.75, 3.05) is 6.61 Å². The number of benzene rings is 1. The van der Waals surface area contributed by atoms with E-state index in [0.29, 0.717) is 13.0 Å². The molecular formula is C14H14O3. The van der Waals surface area contributed by atoms with Crippen LogP contribution in [0.2, 0.25) is 0 Å². The quantitative estimate of drug-likeness (QED) is 0.586. The maximum Gasteiger partial charge on any atom is 0.384 e. The fourth-order valence-electron chi connectivity index (χ4n) is 1.28. The van der Waals surface area contributed by atoms with Gasteiger partial charge in [0, 0.05) is 17.9 Å². The molecule has 3 nitrogen and oxygen atoms in total. The Kier molecular flexibility index (Phi) is 4.96. The van der Waals surface area contributed by atoms with E-state index in [9.17, 15) is 9.59 Å². The molecule has 1 aromatic rings. The van der Waals surface area contributed by atoms with Gasteiger partial charge in [0.2, 0.25) is 0 Å². The number of carbonyl (C=O) groups excluding carboxylic acids is 2. The minimum atomic E-state index is -0.527. The van der Waals surface area contributed by atoms with Crippen molar-refractivity contribution in [3.05, 3.63) is 35.4 Å². The van der Waals surface area contributed by atoms with E-state index in [1.165, 1.54) is 0 Å². The molecule has 1 rings (SSSR count).